The van der Waals surface area contributed by atoms with Gasteiger partial charge in [0, 0.05) is 23.5 Å². The molecule has 16 heavy (non-hydrogen) atoms. The molecule has 0 spiro atoms. The van der Waals surface area contributed by atoms with Crippen molar-refractivity contribution in [3.63, 3.8) is 0 Å². The maximum atomic E-state index is 13.2. The highest BCUT2D eigenvalue weighted by Crippen LogP contribution is 2.20. The smallest absolute Gasteiger partial charge is 0.123 e. The molecule has 1 heterocycles. The van der Waals surface area contributed by atoms with Gasteiger partial charge < -0.3 is 9.47 Å². The van der Waals surface area contributed by atoms with Crippen molar-refractivity contribution in [2.24, 2.45) is 0 Å². The minimum absolute atomic E-state index is 0.168. The van der Waals surface area contributed by atoms with Crippen LogP contribution in [0, 0.1) is 5.82 Å². The lowest BCUT2D eigenvalue weighted by atomic mass is 10.1. The number of rotatable bonds is 3. The summed E-state index contributed by atoms with van der Waals surface area (Å²) >= 11 is 0. The second-order valence-electron chi connectivity index (χ2n) is 5.27. The molecule has 0 aliphatic heterocycles. The summed E-state index contributed by atoms with van der Waals surface area (Å²) in [5, 5.41) is 1.01. The summed E-state index contributed by atoms with van der Waals surface area (Å²) in [4.78, 5) is 3.18. The number of aromatic nitrogens is 1. The Kier molecular flexibility index (Phi) is 2.72. The van der Waals surface area contributed by atoms with Crippen LogP contribution in [-0.2, 0) is 6.42 Å². The summed E-state index contributed by atoms with van der Waals surface area (Å²) in [6.45, 7) is 1.05. The number of benzene rings is 1. The monoisotopic (exact) mass is 221 g/mol. The van der Waals surface area contributed by atoms with Crippen LogP contribution < -0.4 is 0 Å². The first-order valence-corrected chi connectivity index (χ1v) is 5.52. The number of fused-ring (bicyclic) bond motifs is 1. The van der Waals surface area contributed by atoms with Gasteiger partial charge in [0.25, 0.3) is 0 Å². The number of nitrogens with zero attached hydrogens (tertiary/aromatic N) is 1. The fraction of sp³-hybridized carbons (Fsp3) is 0.385. The van der Waals surface area contributed by atoms with E-state index in [1.54, 1.807) is 12.1 Å². The van der Waals surface area contributed by atoms with E-state index in [9.17, 15) is 4.39 Å². The van der Waals surface area contributed by atoms with Gasteiger partial charge in [-0.1, -0.05) is 0 Å². The van der Waals surface area contributed by atoms with E-state index in [1.165, 1.54) is 11.6 Å². The van der Waals surface area contributed by atoms with Gasteiger partial charge in [-0.3, -0.25) is 0 Å². The van der Waals surface area contributed by atoms with Crippen LogP contribution in [0.1, 0.15) is 5.56 Å². The SMILES string of the molecule is C[N+](C)(C)CCc1c[nH]c2ccc(F)cc12. The molecule has 3 heteroatoms. The maximum Gasteiger partial charge on any atom is 0.123 e. The summed E-state index contributed by atoms with van der Waals surface area (Å²) in [6.07, 6.45) is 2.95. The lowest BCUT2D eigenvalue weighted by molar-refractivity contribution is -0.870. The van der Waals surface area contributed by atoms with Crippen LogP contribution in [0.15, 0.2) is 24.4 Å². The van der Waals surface area contributed by atoms with Gasteiger partial charge in [0.05, 0.1) is 27.7 Å². The highest BCUT2D eigenvalue weighted by atomic mass is 19.1. The minimum Gasteiger partial charge on any atom is -0.361 e. The molecule has 1 aromatic carbocycles. The summed E-state index contributed by atoms with van der Waals surface area (Å²) < 4.78 is 14.1. The number of hydrogen-bond donors (Lipinski definition) is 1. The molecule has 0 atom stereocenters. The van der Waals surface area contributed by atoms with E-state index in [0.29, 0.717) is 0 Å². The average molecular weight is 221 g/mol. The largest absolute Gasteiger partial charge is 0.361 e. The van der Waals surface area contributed by atoms with Gasteiger partial charge >= 0.3 is 0 Å². The molecule has 0 amide bonds. The molecule has 0 aliphatic carbocycles. The number of H-pyrrole nitrogens is 1. The number of likely N-dealkylation sites (N-methyl/N-ethyl adjacent to an activating group) is 1. The predicted octanol–water partition coefficient (Wildman–Crippen LogP) is 2.56. The molecule has 2 nitrogen and oxygen atoms in total. The lowest BCUT2D eigenvalue weighted by Crippen LogP contribution is -2.36. The summed E-state index contributed by atoms with van der Waals surface area (Å²) in [5.41, 5.74) is 2.21. The normalized spacial score (nSPS) is 12.2. The number of nitrogens with one attached hydrogen (secondary N) is 1. The second kappa shape index (κ2) is 3.91. The number of halogens is 1. The summed E-state index contributed by atoms with van der Waals surface area (Å²) in [6, 6.07) is 4.89. The van der Waals surface area contributed by atoms with E-state index in [-0.39, 0.29) is 5.82 Å². The quantitative estimate of drug-likeness (QED) is 0.767. The third-order valence-corrected chi connectivity index (χ3v) is 2.78. The zero-order chi connectivity index (χ0) is 11.8. The highest BCUT2D eigenvalue weighted by Gasteiger charge is 2.10. The Labute approximate surface area is 95.3 Å². The molecule has 0 unspecified atom stereocenters. The molecule has 2 aromatic rings. The molecular formula is C13H18FN2+. The minimum atomic E-state index is -0.168. The van der Waals surface area contributed by atoms with Gasteiger partial charge in [-0.15, -0.1) is 0 Å². The van der Waals surface area contributed by atoms with E-state index in [1.807, 2.05) is 6.20 Å². The average Bonchev–Trinajstić information content (AvgIpc) is 2.56. The lowest BCUT2D eigenvalue weighted by Gasteiger charge is -2.23. The Morgan fingerprint density at radius 2 is 2.00 bits per heavy atom. The molecule has 1 N–H and O–H groups in total. The van der Waals surface area contributed by atoms with Crippen molar-refractivity contribution in [2.75, 3.05) is 27.7 Å². The zero-order valence-electron chi connectivity index (χ0n) is 10.0. The first-order chi connectivity index (χ1) is 7.46. The van der Waals surface area contributed by atoms with Crippen molar-refractivity contribution < 1.29 is 8.87 Å². The Balaban J connectivity index is 2.28. The van der Waals surface area contributed by atoms with Crippen molar-refractivity contribution >= 4 is 10.9 Å². The van der Waals surface area contributed by atoms with Crippen LogP contribution in [0.3, 0.4) is 0 Å². The van der Waals surface area contributed by atoms with Gasteiger partial charge in [-0.25, -0.2) is 4.39 Å². The van der Waals surface area contributed by atoms with E-state index >= 15 is 0 Å². The molecular weight excluding hydrogens is 203 g/mol. The molecule has 86 valence electrons. The van der Waals surface area contributed by atoms with Crippen molar-refractivity contribution in [1.82, 2.24) is 4.98 Å². The molecule has 0 radical (unpaired) electrons. The summed E-state index contributed by atoms with van der Waals surface area (Å²) in [7, 11) is 6.49. The number of quaternary nitrogens is 1. The third-order valence-electron chi connectivity index (χ3n) is 2.78. The van der Waals surface area contributed by atoms with Crippen LogP contribution in [0.5, 0.6) is 0 Å². The molecule has 1 aromatic heterocycles. The van der Waals surface area contributed by atoms with E-state index in [0.717, 1.165) is 28.4 Å². The molecule has 2 rings (SSSR count). The number of aromatic amines is 1. The first-order valence-electron chi connectivity index (χ1n) is 5.52. The van der Waals surface area contributed by atoms with Crippen LogP contribution >= 0.6 is 0 Å². The van der Waals surface area contributed by atoms with Gasteiger partial charge in [0.15, 0.2) is 0 Å². The fourth-order valence-corrected chi connectivity index (χ4v) is 1.81. The topological polar surface area (TPSA) is 15.8 Å². The summed E-state index contributed by atoms with van der Waals surface area (Å²) in [5.74, 6) is -0.168. The standard InChI is InChI=1S/C13H18FN2/c1-16(2,3)7-6-10-9-15-13-5-4-11(14)8-12(10)13/h4-5,8-9,15H,6-7H2,1-3H3/q+1. The Bertz CT molecular complexity index is 494. The Morgan fingerprint density at radius 3 is 2.69 bits per heavy atom. The van der Waals surface area contributed by atoms with Crippen LogP contribution in [-0.4, -0.2) is 37.2 Å². The molecule has 0 saturated heterocycles. The Hall–Kier alpha value is -1.35. The van der Waals surface area contributed by atoms with Crippen molar-refractivity contribution in [3.05, 3.63) is 35.8 Å². The fourth-order valence-electron chi connectivity index (χ4n) is 1.81. The van der Waals surface area contributed by atoms with Crippen molar-refractivity contribution in [3.8, 4) is 0 Å². The van der Waals surface area contributed by atoms with E-state index in [2.05, 4.69) is 26.1 Å². The molecule has 0 fully saturated rings. The van der Waals surface area contributed by atoms with E-state index in [4.69, 9.17) is 0 Å². The van der Waals surface area contributed by atoms with Gasteiger partial charge in [-0.2, -0.15) is 0 Å². The zero-order valence-corrected chi connectivity index (χ0v) is 10.0. The molecule has 0 bridgehead atoms. The maximum absolute atomic E-state index is 13.2. The van der Waals surface area contributed by atoms with E-state index < -0.39 is 0 Å². The van der Waals surface area contributed by atoms with Crippen molar-refractivity contribution in [2.45, 2.75) is 6.42 Å². The second-order valence-corrected chi connectivity index (χ2v) is 5.27. The first kappa shape index (κ1) is 11.1. The van der Waals surface area contributed by atoms with Gasteiger partial charge in [-0.05, 0) is 23.8 Å². The Morgan fingerprint density at radius 1 is 1.25 bits per heavy atom. The van der Waals surface area contributed by atoms with Crippen LogP contribution in [0.4, 0.5) is 4.39 Å². The van der Waals surface area contributed by atoms with Crippen LogP contribution in [0.25, 0.3) is 10.9 Å². The van der Waals surface area contributed by atoms with Gasteiger partial charge in [0.2, 0.25) is 0 Å². The van der Waals surface area contributed by atoms with Gasteiger partial charge in [0.1, 0.15) is 5.82 Å². The molecule has 0 saturated carbocycles. The highest BCUT2D eigenvalue weighted by molar-refractivity contribution is 5.83. The van der Waals surface area contributed by atoms with Crippen LogP contribution in [0.2, 0.25) is 0 Å². The molecule has 0 aliphatic rings. The third kappa shape index (κ3) is 2.42. The predicted molar refractivity (Wildman–Crippen MR) is 64.9 cm³/mol. The number of hydrogen-bond acceptors (Lipinski definition) is 0. The van der Waals surface area contributed by atoms with Crippen molar-refractivity contribution in [1.29, 1.82) is 0 Å².